The van der Waals surface area contributed by atoms with Gasteiger partial charge in [0.15, 0.2) is 5.01 Å². The summed E-state index contributed by atoms with van der Waals surface area (Å²) >= 11 is 1.18. The lowest BCUT2D eigenvalue weighted by Crippen LogP contribution is -1.87. The number of aromatic nitrogens is 2. The fourth-order valence-corrected chi connectivity index (χ4v) is 1.79. The van der Waals surface area contributed by atoms with E-state index in [0.29, 0.717) is 21.3 Å². The summed E-state index contributed by atoms with van der Waals surface area (Å²) in [6, 6.07) is 5.16. The molecule has 14 heavy (non-hydrogen) atoms. The molecule has 0 atom stereocenters. The van der Waals surface area contributed by atoms with Crippen molar-refractivity contribution in [1.29, 1.82) is 0 Å². The Balaban J connectivity index is 2.57. The number of aryl methyl sites for hydroxylation is 1. The first kappa shape index (κ1) is 9.08. The summed E-state index contributed by atoms with van der Waals surface area (Å²) < 4.78 is 13.6. The Morgan fingerprint density at radius 1 is 1.36 bits per heavy atom. The molecule has 1 aromatic heterocycles. The molecule has 0 unspecified atom stereocenters. The van der Waals surface area contributed by atoms with Gasteiger partial charge >= 0.3 is 0 Å². The first-order valence-electron chi connectivity index (χ1n) is 4.03. The molecule has 0 aliphatic rings. The van der Waals surface area contributed by atoms with Crippen molar-refractivity contribution in [3.63, 3.8) is 0 Å². The highest BCUT2D eigenvalue weighted by Crippen LogP contribution is 2.28. The van der Waals surface area contributed by atoms with Crippen molar-refractivity contribution in [2.75, 3.05) is 5.73 Å². The molecule has 0 spiro atoms. The van der Waals surface area contributed by atoms with Gasteiger partial charge in [-0.15, -0.1) is 10.2 Å². The second-order valence-electron chi connectivity index (χ2n) is 2.88. The van der Waals surface area contributed by atoms with Gasteiger partial charge in [0.05, 0.1) is 0 Å². The summed E-state index contributed by atoms with van der Waals surface area (Å²) in [7, 11) is 0. The molecule has 1 aromatic carbocycles. The molecule has 0 amide bonds. The van der Waals surface area contributed by atoms with Crippen molar-refractivity contribution in [2.24, 2.45) is 0 Å². The van der Waals surface area contributed by atoms with Crippen LogP contribution in [-0.2, 0) is 0 Å². The molecule has 2 aromatic rings. The van der Waals surface area contributed by atoms with Crippen LogP contribution in [0.2, 0.25) is 0 Å². The topological polar surface area (TPSA) is 51.8 Å². The van der Waals surface area contributed by atoms with E-state index in [1.54, 1.807) is 25.1 Å². The Hall–Kier alpha value is -1.49. The van der Waals surface area contributed by atoms with E-state index in [2.05, 4.69) is 10.2 Å². The number of anilines is 1. The van der Waals surface area contributed by atoms with Gasteiger partial charge in [0, 0.05) is 5.56 Å². The summed E-state index contributed by atoms with van der Waals surface area (Å²) in [5.74, 6) is -0.261. The zero-order valence-electron chi connectivity index (χ0n) is 7.49. The standard InChI is InChI=1S/C9H8FN3S/c1-5-3-2-4-6(7(5)10)8-12-13-9(11)14-8/h2-4H,1H3,(H2,11,13). The van der Waals surface area contributed by atoms with Crippen LogP contribution in [0.15, 0.2) is 18.2 Å². The van der Waals surface area contributed by atoms with Gasteiger partial charge in [-0.3, -0.25) is 0 Å². The van der Waals surface area contributed by atoms with Crippen LogP contribution in [0.5, 0.6) is 0 Å². The highest BCUT2D eigenvalue weighted by Gasteiger charge is 2.10. The lowest BCUT2D eigenvalue weighted by molar-refractivity contribution is 0.622. The third-order valence-corrected chi connectivity index (χ3v) is 2.65. The van der Waals surface area contributed by atoms with Crippen molar-refractivity contribution in [3.05, 3.63) is 29.6 Å². The fraction of sp³-hybridized carbons (Fsp3) is 0.111. The van der Waals surface area contributed by atoms with Gasteiger partial charge in [-0.2, -0.15) is 0 Å². The van der Waals surface area contributed by atoms with Crippen molar-refractivity contribution in [3.8, 4) is 10.6 Å². The van der Waals surface area contributed by atoms with Gasteiger partial charge in [-0.1, -0.05) is 23.5 Å². The maximum atomic E-state index is 13.6. The summed E-state index contributed by atoms with van der Waals surface area (Å²) in [5, 5.41) is 8.30. The molecule has 0 saturated heterocycles. The Kier molecular flexibility index (Phi) is 2.17. The van der Waals surface area contributed by atoms with E-state index in [4.69, 9.17) is 5.73 Å². The molecule has 3 nitrogen and oxygen atoms in total. The first-order valence-corrected chi connectivity index (χ1v) is 4.84. The van der Waals surface area contributed by atoms with Crippen molar-refractivity contribution >= 4 is 16.5 Å². The van der Waals surface area contributed by atoms with Crippen molar-refractivity contribution < 1.29 is 4.39 Å². The summed E-state index contributed by atoms with van der Waals surface area (Å²) in [4.78, 5) is 0. The minimum atomic E-state index is -0.261. The minimum absolute atomic E-state index is 0.261. The average Bonchev–Trinajstić information content (AvgIpc) is 2.57. The lowest BCUT2D eigenvalue weighted by atomic mass is 10.1. The predicted octanol–water partition coefficient (Wildman–Crippen LogP) is 2.23. The first-order chi connectivity index (χ1) is 6.68. The maximum absolute atomic E-state index is 13.6. The van der Waals surface area contributed by atoms with Crippen LogP contribution in [0.1, 0.15) is 5.56 Å². The number of nitrogen functional groups attached to an aromatic ring is 1. The smallest absolute Gasteiger partial charge is 0.203 e. The highest BCUT2D eigenvalue weighted by atomic mass is 32.1. The van der Waals surface area contributed by atoms with Gasteiger partial charge < -0.3 is 5.73 Å². The van der Waals surface area contributed by atoms with Crippen LogP contribution in [0.25, 0.3) is 10.6 Å². The van der Waals surface area contributed by atoms with Crippen LogP contribution >= 0.6 is 11.3 Å². The zero-order valence-corrected chi connectivity index (χ0v) is 8.31. The van der Waals surface area contributed by atoms with E-state index in [9.17, 15) is 4.39 Å². The second-order valence-corrected chi connectivity index (χ2v) is 3.89. The van der Waals surface area contributed by atoms with E-state index in [0.717, 1.165) is 0 Å². The summed E-state index contributed by atoms with van der Waals surface area (Å²) in [6.07, 6.45) is 0. The van der Waals surface area contributed by atoms with Crippen LogP contribution in [0.4, 0.5) is 9.52 Å². The van der Waals surface area contributed by atoms with E-state index >= 15 is 0 Å². The minimum Gasteiger partial charge on any atom is -0.374 e. The number of nitrogens with two attached hydrogens (primary N) is 1. The Labute approximate surface area is 84.4 Å². The zero-order chi connectivity index (χ0) is 10.1. The van der Waals surface area contributed by atoms with Gasteiger partial charge in [-0.05, 0) is 18.6 Å². The van der Waals surface area contributed by atoms with Crippen molar-refractivity contribution in [1.82, 2.24) is 10.2 Å². The Morgan fingerprint density at radius 3 is 2.79 bits per heavy atom. The lowest BCUT2D eigenvalue weighted by Gasteiger charge is -2.00. The molecular weight excluding hydrogens is 201 g/mol. The normalized spacial score (nSPS) is 10.4. The predicted molar refractivity (Wildman–Crippen MR) is 54.5 cm³/mol. The number of halogens is 1. The van der Waals surface area contributed by atoms with Gasteiger partial charge in [-0.25, -0.2) is 4.39 Å². The van der Waals surface area contributed by atoms with Gasteiger partial charge in [0.2, 0.25) is 5.13 Å². The summed E-state index contributed by atoms with van der Waals surface area (Å²) in [6.45, 7) is 1.71. The highest BCUT2D eigenvalue weighted by molar-refractivity contribution is 7.18. The van der Waals surface area contributed by atoms with Crippen molar-refractivity contribution in [2.45, 2.75) is 6.92 Å². The molecule has 0 saturated carbocycles. The van der Waals surface area contributed by atoms with E-state index < -0.39 is 0 Å². The molecule has 2 N–H and O–H groups in total. The van der Waals surface area contributed by atoms with E-state index in [-0.39, 0.29) is 5.82 Å². The average molecular weight is 209 g/mol. The maximum Gasteiger partial charge on any atom is 0.203 e. The molecule has 1 heterocycles. The third-order valence-electron chi connectivity index (χ3n) is 1.86. The fourth-order valence-electron chi connectivity index (χ4n) is 1.16. The Morgan fingerprint density at radius 2 is 2.14 bits per heavy atom. The number of rotatable bonds is 1. The van der Waals surface area contributed by atoms with Gasteiger partial charge in [0.25, 0.3) is 0 Å². The number of benzene rings is 1. The molecule has 0 fully saturated rings. The molecule has 72 valence electrons. The number of hydrogen-bond acceptors (Lipinski definition) is 4. The van der Waals surface area contributed by atoms with Crippen LogP contribution in [-0.4, -0.2) is 10.2 Å². The van der Waals surface area contributed by atoms with Crippen LogP contribution < -0.4 is 5.73 Å². The molecule has 2 rings (SSSR count). The monoisotopic (exact) mass is 209 g/mol. The molecule has 0 radical (unpaired) electrons. The molecule has 5 heteroatoms. The largest absolute Gasteiger partial charge is 0.374 e. The number of hydrogen-bond donors (Lipinski definition) is 1. The van der Waals surface area contributed by atoms with Gasteiger partial charge in [0.1, 0.15) is 5.82 Å². The molecule has 0 bridgehead atoms. The van der Waals surface area contributed by atoms with Crippen LogP contribution in [0.3, 0.4) is 0 Å². The molecule has 0 aliphatic carbocycles. The third kappa shape index (κ3) is 1.46. The van der Waals surface area contributed by atoms with Crippen LogP contribution in [0, 0.1) is 12.7 Å². The second kappa shape index (κ2) is 3.34. The molecular formula is C9H8FN3S. The summed E-state index contributed by atoms with van der Waals surface area (Å²) in [5.41, 5.74) is 6.48. The quantitative estimate of drug-likeness (QED) is 0.783. The molecule has 0 aliphatic heterocycles. The van der Waals surface area contributed by atoms with E-state index in [1.807, 2.05) is 0 Å². The SMILES string of the molecule is Cc1cccc(-c2nnc(N)s2)c1F. The Bertz CT molecular complexity index is 467. The van der Waals surface area contributed by atoms with E-state index in [1.165, 1.54) is 11.3 Å². The number of nitrogens with zero attached hydrogens (tertiary/aromatic N) is 2.